The highest BCUT2D eigenvalue weighted by atomic mass is 32.2. The Morgan fingerprint density at radius 3 is 2.67 bits per heavy atom. The molecule has 1 aliphatic heterocycles. The first-order chi connectivity index (χ1) is 13.0. The zero-order valence-electron chi connectivity index (χ0n) is 15.7. The van der Waals surface area contributed by atoms with Crippen LogP contribution in [0.3, 0.4) is 0 Å². The molecule has 0 saturated carbocycles. The van der Waals surface area contributed by atoms with Crippen molar-refractivity contribution in [1.82, 2.24) is 24.2 Å². The van der Waals surface area contributed by atoms with Gasteiger partial charge in [-0.2, -0.15) is 4.31 Å². The fourth-order valence-electron chi connectivity index (χ4n) is 3.01. The van der Waals surface area contributed by atoms with Crippen molar-refractivity contribution in [3.8, 4) is 0 Å². The van der Waals surface area contributed by atoms with Crippen LogP contribution in [-0.2, 0) is 29.4 Å². The summed E-state index contributed by atoms with van der Waals surface area (Å²) in [6.07, 6.45) is 3.38. The number of nitrogens with one attached hydrogen (secondary N) is 1. The molecule has 0 unspecified atom stereocenters. The van der Waals surface area contributed by atoms with Gasteiger partial charge >= 0.3 is 0 Å². The first kappa shape index (κ1) is 19.4. The maximum Gasteiger partial charge on any atom is 0.220 e. The Morgan fingerprint density at radius 2 is 2.07 bits per heavy atom. The van der Waals surface area contributed by atoms with E-state index < -0.39 is 10.0 Å². The largest absolute Gasteiger partial charge is 0.364 e. The molecule has 0 bridgehead atoms. The minimum absolute atomic E-state index is 0.134. The number of guanidine groups is 1. The maximum absolute atomic E-state index is 12.6. The number of piperazine rings is 1. The molecule has 0 aromatic carbocycles. The lowest BCUT2D eigenvalue weighted by Gasteiger charge is -2.35. The Hall–Kier alpha value is -2.33. The number of hydrogen-bond donors (Lipinski definition) is 1. The molecule has 0 spiro atoms. The minimum Gasteiger partial charge on any atom is -0.364 e. The van der Waals surface area contributed by atoms with Gasteiger partial charge in [-0.15, -0.1) is 0 Å². The van der Waals surface area contributed by atoms with E-state index in [1.165, 1.54) is 10.6 Å². The molecule has 1 N–H and O–H groups in total. The van der Waals surface area contributed by atoms with Crippen LogP contribution in [0, 0.1) is 0 Å². The quantitative estimate of drug-likeness (QED) is 0.570. The van der Waals surface area contributed by atoms with Gasteiger partial charge < -0.3 is 19.3 Å². The van der Waals surface area contributed by atoms with Crippen molar-refractivity contribution in [3.63, 3.8) is 0 Å². The molecule has 0 aliphatic carbocycles. The number of nitrogens with zero attached hydrogens (tertiary/aromatic N) is 5. The Balaban J connectivity index is 1.61. The molecule has 2 aromatic rings. The highest BCUT2D eigenvalue weighted by Crippen LogP contribution is 2.13. The molecule has 27 heavy (non-hydrogen) atoms. The van der Waals surface area contributed by atoms with Crippen molar-refractivity contribution in [2.24, 2.45) is 12.0 Å². The summed E-state index contributed by atoms with van der Waals surface area (Å²) in [4.78, 5) is 6.81. The second-order valence-corrected chi connectivity index (χ2v) is 8.38. The molecule has 9 nitrogen and oxygen atoms in total. The van der Waals surface area contributed by atoms with Crippen LogP contribution in [0.15, 0.2) is 40.2 Å². The van der Waals surface area contributed by atoms with Crippen LogP contribution in [0.4, 0.5) is 0 Å². The smallest absolute Gasteiger partial charge is 0.220 e. The number of hydrogen-bond acceptors (Lipinski definition) is 5. The van der Waals surface area contributed by atoms with Crippen LogP contribution in [0.2, 0.25) is 0 Å². The molecule has 3 heterocycles. The average Bonchev–Trinajstić information content (AvgIpc) is 3.30. The lowest BCUT2D eigenvalue weighted by molar-refractivity contribution is 0.259. The van der Waals surface area contributed by atoms with Crippen molar-refractivity contribution in [2.45, 2.75) is 19.2 Å². The lowest BCUT2D eigenvalue weighted by atomic mass is 10.4. The van der Waals surface area contributed by atoms with Gasteiger partial charge in [-0.25, -0.2) is 13.4 Å². The third-order valence-corrected chi connectivity index (χ3v) is 6.34. The van der Waals surface area contributed by atoms with Crippen LogP contribution in [0.1, 0.15) is 18.3 Å². The van der Waals surface area contributed by atoms with E-state index in [1.807, 2.05) is 36.9 Å². The molecule has 3 rings (SSSR count). The fraction of sp³-hybridized carbons (Fsp3) is 0.529. The molecule has 0 amide bonds. The highest BCUT2D eigenvalue weighted by molar-refractivity contribution is 7.88. The third kappa shape index (κ3) is 4.89. The zero-order chi connectivity index (χ0) is 19.3. The topological polar surface area (TPSA) is 96.0 Å². The Kier molecular flexibility index (Phi) is 6.17. The normalized spacial score (nSPS) is 16.7. The lowest BCUT2D eigenvalue weighted by Crippen LogP contribution is -2.53. The summed E-state index contributed by atoms with van der Waals surface area (Å²) in [7, 11) is -1.40. The van der Waals surface area contributed by atoms with Gasteiger partial charge in [-0.05, 0) is 19.1 Å². The van der Waals surface area contributed by atoms with Crippen LogP contribution in [-0.4, -0.2) is 66.0 Å². The van der Waals surface area contributed by atoms with E-state index in [0.717, 1.165) is 18.2 Å². The Labute approximate surface area is 159 Å². The molecular weight excluding hydrogens is 368 g/mol. The van der Waals surface area contributed by atoms with Crippen molar-refractivity contribution in [2.75, 3.05) is 32.7 Å². The van der Waals surface area contributed by atoms with Gasteiger partial charge in [-0.3, -0.25) is 0 Å². The molecule has 1 aliphatic rings. The van der Waals surface area contributed by atoms with Crippen molar-refractivity contribution in [3.05, 3.63) is 42.0 Å². The molecule has 0 radical (unpaired) electrons. The monoisotopic (exact) mass is 394 g/mol. The average molecular weight is 395 g/mol. The second kappa shape index (κ2) is 8.57. The third-order valence-electron chi connectivity index (χ3n) is 4.53. The van der Waals surface area contributed by atoms with E-state index in [2.05, 4.69) is 15.4 Å². The van der Waals surface area contributed by atoms with Crippen LogP contribution >= 0.6 is 0 Å². The van der Waals surface area contributed by atoms with Crippen LogP contribution in [0.25, 0.3) is 0 Å². The summed E-state index contributed by atoms with van der Waals surface area (Å²) in [5.74, 6) is 0.678. The van der Waals surface area contributed by atoms with E-state index in [0.29, 0.717) is 38.4 Å². The number of aryl methyl sites for hydroxylation is 1. The maximum atomic E-state index is 12.6. The van der Waals surface area contributed by atoms with Crippen LogP contribution < -0.4 is 5.32 Å². The standard InChI is InChI=1S/C17H26N6O3S/c1-3-18-17(19-13-16-5-4-7-21(16)2)22-8-10-23(11-9-22)27(24,25)14-15-6-12-26-20-15/h4-7,12H,3,8-11,13-14H2,1-2H3,(H,18,19). The van der Waals surface area contributed by atoms with Gasteiger partial charge in [0.15, 0.2) is 5.96 Å². The molecule has 10 heteroatoms. The SMILES string of the molecule is CCNC(=NCc1cccn1C)N1CCN(S(=O)(=O)Cc2ccon2)CC1. The molecule has 2 aromatic heterocycles. The van der Waals surface area contributed by atoms with Gasteiger partial charge in [-0.1, -0.05) is 5.16 Å². The first-order valence-electron chi connectivity index (χ1n) is 9.00. The van der Waals surface area contributed by atoms with Gasteiger partial charge in [0.1, 0.15) is 12.0 Å². The summed E-state index contributed by atoms with van der Waals surface area (Å²) in [5.41, 5.74) is 1.55. The van der Waals surface area contributed by atoms with Crippen LogP contribution in [0.5, 0.6) is 0 Å². The Morgan fingerprint density at radius 1 is 1.30 bits per heavy atom. The van der Waals surface area contributed by atoms with Gasteiger partial charge in [0.2, 0.25) is 10.0 Å². The number of aliphatic imine (C=N–C) groups is 1. The molecule has 148 valence electrons. The minimum atomic E-state index is -3.40. The second-order valence-electron chi connectivity index (χ2n) is 6.41. The van der Waals surface area contributed by atoms with Gasteiger partial charge in [0, 0.05) is 57.7 Å². The fourth-order valence-corrected chi connectivity index (χ4v) is 4.44. The van der Waals surface area contributed by atoms with E-state index >= 15 is 0 Å². The summed E-state index contributed by atoms with van der Waals surface area (Å²) in [6.45, 7) is 5.40. The van der Waals surface area contributed by atoms with Gasteiger partial charge in [0.25, 0.3) is 0 Å². The number of aromatic nitrogens is 2. The molecule has 0 atom stereocenters. The first-order valence-corrected chi connectivity index (χ1v) is 10.6. The highest BCUT2D eigenvalue weighted by Gasteiger charge is 2.29. The van der Waals surface area contributed by atoms with E-state index in [-0.39, 0.29) is 5.75 Å². The molecular formula is C17H26N6O3S. The van der Waals surface area contributed by atoms with E-state index in [9.17, 15) is 8.42 Å². The van der Waals surface area contributed by atoms with Gasteiger partial charge in [0.05, 0.1) is 12.2 Å². The predicted molar refractivity (Wildman–Crippen MR) is 103 cm³/mol. The van der Waals surface area contributed by atoms with E-state index in [4.69, 9.17) is 9.52 Å². The summed E-state index contributed by atoms with van der Waals surface area (Å²) < 4.78 is 33.4. The Bertz CT molecular complexity index is 851. The number of sulfonamides is 1. The van der Waals surface area contributed by atoms with Crippen molar-refractivity contribution in [1.29, 1.82) is 0 Å². The van der Waals surface area contributed by atoms with Crippen molar-refractivity contribution >= 4 is 16.0 Å². The number of rotatable bonds is 6. The summed E-state index contributed by atoms with van der Waals surface area (Å²) >= 11 is 0. The van der Waals surface area contributed by atoms with E-state index in [1.54, 1.807) is 6.07 Å². The summed E-state index contributed by atoms with van der Waals surface area (Å²) in [6, 6.07) is 5.62. The molecule has 1 saturated heterocycles. The zero-order valence-corrected chi connectivity index (χ0v) is 16.5. The molecule has 1 fully saturated rings. The van der Waals surface area contributed by atoms with Crippen molar-refractivity contribution < 1.29 is 12.9 Å². The predicted octanol–water partition coefficient (Wildman–Crippen LogP) is 0.626. The summed E-state index contributed by atoms with van der Waals surface area (Å²) in [5, 5.41) is 7.00.